The third-order valence-electron chi connectivity index (χ3n) is 2.23. The van der Waals surface area contributed by atoms with Crippen molar-refractivity contribution in [2.45, 2.75) is 40.5 Å². The first-order valence-corrected chi connectivity index (χ1v) is 6.51. The summed E-state index contributed by atoms with van der Waals surface area (Å²) in [6, 6.07) is 0. The van der Waals surface area contributed by atoms with Crippen LogP contribution in [0.3, 0.4) is 0 Å². The Morgan fingerprint density at radius 2 is 1.69 bits per heavy atom. The van der Waals surface area contributed by atoms with Crippen molar-refractivity contribution in [3.8, 4) is 0 Å². The lowest BCUT2D eigenvalue weighted by molar-refractivity contribution is 0.437. The molecule has 0 amide bonds. The quantitative estimate of drug-likeness (QED) is 0.593. The van der Waals surface area contributed by atoms with Gasteiger partial charge in [-0.25, -0.2) is 0 Å². The van der Waals surface area contributed by atoms with Gasteiger partial charge in [-0.1, -0.05) is 58.4 Å². The SMILES string of the molecule is CC.CCC.CN1CC2=CC=CCC=C2C1. The summed E-state index contributed by atoms with van der Waals surface area (Å²) in [6.07, 6.45) is 11.3. The van der Waals surface area contributed by atoms with Gasteiger partial charge in [0.1, 0.15) is 0 Å². The van der Waals surface area contributed by atoms with Crippen molar-refractivity contribution in [2.75, 3.05) is 20.1 Å². The third kappa shape index (κ3) is 5.32. The Balaban J connectivity index is 0.000000394. The number of hydrogen-bond donors (Lipinski definition) is 0. The topological polar surface area (TPSA) is 3.24 Å². The molecular formula is C15H27N. The second-order valence-corrected chi connectivity index (χ2v) is 3.96. The maximum absolute atomic E-state index is 2.34. The Morgan fingerprint density at radius 1 is 1.12 bits per heavy atom. The summed E-state index contributed by atoms with van der Waals surface area (Å²) < 4.78 is 0. The minimum absolute atomic E-state index is 1.10. The van der Waals surface area contributed by atoms with Crippen LogP contribution in [0.15, 0.2) is 35.5 Å². The van der Waals surface area contributed by atoms with Crippen LogP contribution >= 0.6 is 0 Å². The Labute approximate surface area is 102 Å². The maximum Gasteiger partial charge on any atom is 0.0237 e. The van der Waals surface area contributed by atoms with Crippen molar-refractivity contribution in [3.63, 3.8) is 0 Å². The molecule has 1 heterocycles. The van der Waals surface area contributed by atoms with Crippen molar-refractivity contribution in [1.82, 2.24) is 4.90 Å². The van der Waals surface area contributed by atoms with Crippen LogP contribution in [0.4, 0.5) is 0 Å². The molecule has 0 aromatic heterocycles. The first kappa shape index (κ1) is 15.2. The zero-order valence-electron chi connectivity index (χ0n) is 11.6. The Hall–Kier alpha value is -0.820. The lowest BCUT2D eigenvalue weighted by Gasteiger charge is -2.01. The van der Waals surface area contributed by atoms with Crippen LogP contribution in [0.2, 0.25) is 0 Å². The highest BCUT2D eigenvalue weighted by Gasteiger charge is 2.17. The number of hydrogen-bond acceptors (Lipinski definition) is 1. The van der Waals surface area contributed by atoms with E-state index in [-0.39, 0.29) is 0 Å². The number of rotatable bonds is 0. The molecule has 2 aliphatic rings. The first-order chi connectivity index (χ1) is 7.77. The van der Waals surface area contributed by atoms with Crippen molar-refractivity contribution in [2.24, 2.45) is 0 Å². The highest BCUT2D eigenvalue weighted by Crippen LogP contribution is 2.22. The average Bonchev–Trinajstić information content (AvgIpc) is 2.49. The van der Waals surface area contributed by atoms with Crippen LogP contribution in [-0.2, 0) is 0 Å². The summed E-state index contributed by atoms with van der Waals surface area (Å²) in [7, 11) is 2.17. The van der Waals surface area contributed by atoms with E-state index in [1.54, 1.807) is 0 Å². The van der Waals surface area contributed by atoms with Crippen LogP contribution in [-0.4, -0.2) is 25.0 Å². The van der Waals surface area contributed by atoms with Crippen LogP contribution in [0.1, 0.15) is 40.5 Å². The molecule has 0 N–H and O–H groups in total. The fraction of sp³-hybridized carbons (Fsp3) is 0.600. The van der Waals surface area contributed by atoms with E-state index >= 15 is 0 Å². The van der Waals surface area contributed by atoms with E-state index in [0.717, 1.165) is 19.5 Å². The molecular weight excluding hydrogens is 194 g/mol. The van der Waals surface area contributed by atoms with Crippen molar-refractivity contribution >= 4 is 0 Å². The summed E-state index contributed by atoms with van der Waals surface area (Å²) in [5.74, 6) is 0. The van der Waals surface area contributed by atoms with Gasteiger partial charge in [0.25, 0.3) is 0 Å². The lowest BCUT2D eigenvalue weighted by Crippen LogP contribution is -2.11. The van der Waals surface area contributed by atoms with Crippen LogP contribution in [0, 0.1) is 0 Å². The third-order valence-corrected chi connectivity index (χ3v) is 2.23. The predicted molar refractivity (Wildman–Crippen MR) is 74.7 cm³/mol. The van der Waals surface area contributed by atoms with E-state index in [2.05, 4.69) is 50.1 Å². The summed E-state index contributed by atoms with van der Waals surface area (Å²) in [4.78, 5) is 2.34. The van der Waals surface area contributed by atoms with Crippen molar-refractivity contribution in [3.05, 3.63) is 35.5 Å². The van der Waals surface area contributed by atoms with Gasteiger partial charge in [0.15, 0.2) is 0 Å². The van der Waals surface area contributed by atoms with Gasteiger partial charge in [-0.15, -0.1) is 0 Å². The van der Waals surface area contributed by atoms with Gasteiger partial charge in [0.05, 0.1) is 0 Å². The first-order valence-electron chi connectivity index (χ1n) is 6.51. The van der Waals surface area contributed by atoms with E-state index in [4.69, 9.17) is 0 Å². The molecule has 0 aromatic carbocycles. The highest BCUT2D eigenvalue weighted by molar-refractivity contribution is 5.41. The highest BCUT2D eigenvalue weighted by atomic mass is 15.1. The van der Waals surface area contributed by atoms with E-state index in [9.17, 15) is 0 Å². The van der Waals surface area contributed by atoms with Crippen molar-refractivity contribution in [1.29, 1.82) is 0 Å². The molecule has 0 radical (unpaired) electrons. The average molecular weight is 221 g/mol. The van der Waals surface area contributed by atoms with E-state index in [0.29, 0.717) is 0 Å². The number of fused-ring (bicyclic) bond motifs is 1. The van der Waals surface area contributed by atoms with Crippen LogP contribution in [0.5, 0.6) is 0 Å². The summed E-state index contributed by atoms with van der Waals surface area (Å²) >= 11 is 0. The smallest absolute Gasteiger partial charge is 0.0237 e. The van der Waals surface area contributed by atoms with Gasteiger partial charge in [-0.3, -0.25) is 4.90 Å². The monoisotopic (exact) mass is 221 g/mol. The molecule has 0 atom stereocenters. The minimum Gasteiger partial charge on any atom is -0.298 e. The molecule has 0 saturated carbocycles. The van der Waals surface area contributed by atoms with Gasteiger partial charge < -0.3 is 0 Å². The molecule has 1 nitrogen and oxygen atoms in total. The molecule has 1 fully saturated rings. The van der Waals surface area contributed by atoms with Crippen molar-refractivity contribution < 1.29 is 0 Å². The van der Waals surface area contributed by atoms with Gasteiger partial charge >= 0.3 is 0 Å². The van der Waals surface area contributed by atoms with E-state index < -0.39 is 0 Å². The summed E-state index contributed by atoms with van der Waals surface area (Å²) in [5.41, 5.74) is 3.03. The molecule has 0 bridgehead atoms. The van der Waals surface area contributed by atoms with Gasteiger partial charge in [0, 0.05) is 13.1 Å². The van der Waals surface area contributed by atoms with E-state index in [1.807, 2.05) is 13.8 Å². The molecule has 2 rings (SSSR count). The second kappa shape index (κ2) is 9.41. The predicted octanol–water partition coefficient (Wildman–Crippen LogP) is 4.19. The molecule has 1 aliphatic heterocycles. The van der Waals surface area contributed by atoms with Gasteiger partial charge in [-0.05, 0) is 24.6 Å². The number of likely N-dealkylation sites (N-methyl/N-ethyl adjacent to an activating group) is 1. The van der Waals surface area contributed by atoms with Gasteiger partial charge in [0.2, 0.25) is 0 Å². The molecule has 0 spiro atoms. The fourth-order valence-corrected chi connectivity index (χ4v) is 1.67. The number of nitrogens with zero attached hydrogens (tertiary/aromatic N) is 1. The second-order valence-electron chi connectivity index (χ2n) is 3.96. The van der Waals surface area contributed by atoms with E-state index in [1.165, 1.54) is 17.6 Å². The van der Waals surface area contributed by atoms with Crippen LogP contribution < -0.4 is 0 Å². The van der Waals surface area contributed by atoms with Crippen LogP contribution in [0.25, 0.3) is 0 Å². The molecule has 92 valence electrons. The number of likely N-dealkylation sites (tertiary alicyclic amines) is 1. The zero-order valence-corrected chi connectivity index (χ0v) is 11.6. The minimum atomic E-state index is 1.10. The summed E-state index contributed by atoms with van der Waals surface area (Å²) in [6.45, 7) is 10.5. The molecule has 0 aromatic rings. The number of allylic oxidation sites excluding steroid dienone is 4. The maximum atomic E-state index is 2.34. The fourth-order valence-electron chi connectivity index (χ4n) is 1.67. The molecule has 1 heteroatoms. The normalized spacial score (nSPS) is 18.1. The standard InChI is InChI=1S/C10H13N.C3H8.C2H6/c1-11-7-9-5-3-2-4-6-10(9)8-11;1-3-2;1-2/h2-3,5-6H,4,7-8H2,1H3;3H2,1-2H3;1-2H3. The largest absolute Gasteiger partial charge is 0.298 e. The lowest BCUT2D eigenvalue weighted by atomic mass is 10.1. The molecule has 16 heavy (non-hydrogen) atoms. The Bertz CT molecular complexity index is 259. The molecule has 1 saturated heterocycles. The molecule has 0 unspecified atom stereocenters. The summed E-state index contributed by atoms with van der Waals surface area (Å²) in [5, 5.41) is 0. The van der Waals surface area contributed by atoms with Gasteiger partial charge in [-0.2, -0.15) is 0 Å². The molecule has 1 aliphatic carbocycles. The zero-order chi connectivity index (χ0) is 12.4. The Kier molecular flexibility index (Phi) is 8.93. The Morgan fingerprint density at radius 3 is 2.31 bits per heavy atom.